The third-order valence-corrected chi connectivity index (χ3v) is 3.60. The maximum atomic E-state index is 12.4. The van der Waals surface area contributed by atoms with Crippen LogP contribution in [-0.2, 0) is 24.0 Å². The monoisotopic (exact) mass is 417 g/mol. The van der Waals surface area contributed by atoms with Crippen LogP contribution in [0, 0.1) is 0 Å². The van der Waals surface area contributed by atoms with Crippen molar-refractivity contribution in [3.8, 4) is 0 Å². The highest BCUT2D eigenvalue weighted by Crippen LogP contribution is 2.03. The molecule has 0 spiro atoms. The first-order valence-corrected chi connectivity index (χ1v) is 8.58. The molecule has 0 aromatic rings. The largest absolute Gasteiger partial charge is 0.481 e. The van der Waals surface area contributed by atoms with Crippen molar-refractivity contribution in [2.75, 3.05) is 6.54 Å². The van der Waals surface area contributed by atoms with Crippen molar-refractivity contribution < 1.29 is 34.2 Å². The van der Waals surface area contributed by atoms with E-state index < -0.39 is 54.2 Å². The van der Waals surface area contributed by atoms with E-state index in [1.54, 1.807) is 0 Å². The molecule has 0 saturated carbocycles. The molecular formula is C15H27N7O7. The Morgan fingerprint density at radius 2 is 1.48 bits per heavy atom. The molecule has 0 heterocycles. The molecule has 0 bridgehead atoms. The second-order valence-electron chi connectivity index (χ2n) is 6.12. The highest BCUT2D eigenvalue weighted by Gasteiger charge is 2.28. The number of guanidine groups is 1. The topological polar surface area (TPSA) is 266 Å². The van der Waals surface area contributed by atoms with Crippen LogP contribution in [0.15, 0.2) is 4.99 Å². The lowest BCUT2D eigenvalue weighted by molar-refractivity contribution is -0.143. The van der Waals surface area contributed by atoms with E-state index in [2.05, 4.69) is 15.6 Å². The van der Waals surface area contributed by atoms with Gasteiger partial charge in [0.1, 0.15) is 12.1 Å². The van der Waals surface area contributed by atoms with Crippen LogP contribution in [0.5, 0.6) is 0 Å². The van der Waals surface area contributed by atoms with Crippen molar-refractivity contribution in [1.82, 2.24) is 10.6 Å². The molecule has 0 radical (unpaired) electrons. The zero-order valence-corrected chi connectivity index (χ0v) is 15.7. The number of nitrogens with two attached hydrogens (primary N) is 4. The number of carbonyl (C=O) groups is 5. The molecule has 0 aliphatic heterocycles. The van der Waals surface area contributed by atoms with Gasteiger partial charge in [0.05, 0.1) is 12.5 Å². The first kappa shape index (κ1) is 25.6. The van der Waals surface area contributed by atoms with E-state index in [-0.39, 0.29) is 38.2 Å². The standard InChI is InChI=1S/C15H27N7O7/c16-7(3-4-11(24)25)12(26)21-8(2-1-5-20-15(18)19)13(27)22-9(14(28)29)6-10(17)23/h7-9H,1-6,16H2,(H2,17,23)(H,21,26)(H,22,27)(H,24,25)(H,28,29)(H4,18,19,20). The van der Waals surface area contributed by atoms with Gasteiger partial charge in [-0.05, 0) is 19.3 Å². The molecule has 14 heteroatoms. The number of nitrogens with one attached hydrogen (secondary N) is 2. The Kier molecular flexibility index (Phi) is 11.4. The van der Waals surface area contributed by atoms with Crippen LogP contribution < -0.4 is 33.6 Å². The summed E-state index contributed by atoms with van der Waals surface area (Å²) >= 11 is 0. The number of aliphatic imine (C=N–C) groups is 1. The summed E-state index contributed by atoms with van der Waals surface area (Å²) in [5.74, 6) is -5.42. The maximum absolute atomic E-state index is 12.4. The van der Waals surface area contributed by atoms with E-state index in [9.17, 15) is 24.0 Å². The molecule has 0 rings (SSSR count). The summed E-state index contributed by atoms with van der Waals surface area (Å²) in [6, 6.07) is -4.00. The average Bonchev–Trinajstić information content (AvgIpc) is 2.60. The number of hydrogen-bond acceptors (Lipinski definition) is 7. The summed E-state index contributed by atoms with van der Waals surface area (Å²) in [6.45, 7) is 0.136. The summed E-state index contributed by atoms with van der Waals surface area (Å²) in [5, 5.41) is 22.2. The Labute approximate surface area is 166 Å². The summed E-state index contributed by atoms with van der Waals surface area (Å²) in [6.07, 6.45) is -0.899. The summed E-state index contributed by atoms with van der Waals surface area (Å²) < 4.78 is 0. The lowest BCUT2D eigenvalue weighted by Crippen LogP contribution is -2.55. The van der Waals surface area contributed by atoms with E-state index in [0.29, 0.717) is 0 Å². The van der Waals surface area contributed by atoms with E-state index in [1.165, 1.54) is 0 Å². The average molecular weight is 417 g/mol. The molecule has 0 saturated heterocycles. The van der Waals surface area contributed by atoms with E-state index in [1.807, 2.05) is 0 Å². The fourth-order valence-electron chi connectivity index (χ4n) is 2.13. The molecule has 0 fully saturated rings. The maximum Gasteiger partial charge on any atom is 0.326 e. The van der Waals surface area contributed by atoms with Crippen molar-refractivity contribution in [1.29, 1.82) is 0 Å². The fourth-order valence-corrected chi connectivity index (χ4v) is 2.13. The van der Waals surface area contributed by atoms with Crippen LogP contribution in [0.2, 0.25) is 0 Å². The summed E-state index contributed by atoms with van der Waals surface area (Å²) in [4.78, 5) is 61.0. The van der Waals surface area contributed by atoms with Gasteiger partial charge in [0.15, 0.2) is 5.96 Å². The molecule has 3 atom stereocenters. The van der Waals surface area contributed by atoms with Crippen molar-refractivity contribution >= 4 is 35.6 Å². The van der Waals surface area contributed by atoms with Gasteiger partial charge >= 0.3 is 11.9 Å². The molecular weight excluding hydrogens is 390 g/mol. The number of amides is 3. The lowest BCUT2D eigenvalue weighted by Gasteiger charge is -2.22. The Morgan fingerprint density at radius 3 is 1.97 bits per heavy atom. The van der Waals surface area contributed by atoms with Gasteiger partial charge in [0.2, 0.25) is 17.7 Å². The number of nitrogens with zero attached hydrogens (tertiary/aromatic N) is 1. The minimum Gasteiger partial charge on any atom is -0.481 e. The van der Waals surface area contributed by atoms with E-state index >= 15 is 0 Å². The van der Waals surface area contributed by atoms with Gasteiger partial charge in [0, 0.05) is 13.0 Å². The normalized spacial score (nSPS) is 13.4. The highest BCUT2D eigenvalue weighted by molar-refractivity contribution is 5.93. The summed E-state index contributed by atoms with van der Waals surface area (Å²) in [7, 11) is 0. The second-order valence-corrected chi connectivity index (χ2v) is 6.12. The summed E-state index contributed by atoms with van der Waals surface area (Å²) in [5.41, 5.74) is 21.0. The molecule has 0 aliphatic carbocycles. The Hall–Kier alpha value is -3.42. The molecule has 14 nitrogen and oxygen atoms in total. The van der Waals surface area contributed by atoms with Crippen LogP contribution in [0.4, 0.5) is 0 Å². The third kappa shape index (κ3) is 11.8. The number of carboxylic acids is 2. The number of primary amides is 1. The molecule has 164 valence electrons. The highest BCUT2D eigenvalue weighted by atomic mass is 16.4. The zero-order chi connectivity index (χ0) is 22.6. The van der Waals surface area contributed by atoms with Crippen molar-refractivity contribution in [2.45, 2.75) is 50.2 Å². The van der Waals surface area contributed by atoms with Gasteiger partial charge in [0.25, 0.3) is 0 Å². The molecule has 29 heavy (non-hydrogen) atoms. The van der Waals surface area contributed by atoms with Crippen LogP contribution in [-0.4, -0.2) is 70.5 Å². The van der Waals surface area contributed by atoms with Crippen molar-refractivity contribution in [3.63, 3.8) is 0 Å². The van der Waals surface area contributed by atoms with Gasteiger partial charge in [-0.1, -0.05) is 0 Å². The third-order valence-electron chi connectivity index (χ3n) is 3.60. The number of rotatable bonds is 14. The first-order chi connectivity index (χ1) is 13.4. The van der Waals surface area contributed by atoms with E-state index in [0.717, 1.165) is 0 Å². The van der Waals surface area contributed by atoms with Crippen LogP contribution in [0.25, 0.3) is 0 Å². The quantitative estimate of drug-likeness (QED) is 0.0774. The minimum absolute atomic E-state index is 0.0168. The zero-order valence-electron chi connectivity index (χ0n) is 15.7. The molecule has 0 aromatic heterocycles. The number of hydrogen-bond donors (Lipinski definition) is 8. The lowest BCUT2D eigenvalue weighted by atomic mass is 10.1. The molecule has 3 amide bonds. The smallest absolute Gasteiger partial charge is 0.326 e. The number of aliphatic carboxylic acids is 2. The molecule has 0 aromatic carbocycles. The van der Waals surface area contributed by atoms with Crippen LogP contribution in [0.1, 0.15) is 32.1 Å². The van der Waals surface area contributed by atoms with Gasteiger partial charge < -0.3 is 43.8 Å². The van der Waals surface area contributed by atoms with Gasteiger partial charge in [-0.3, -0.25) is 24.2 Å². The number of carboxylic acid groups (broad SMARTS) is 2. The first-order valence-electron chi connectivity index (χ1n) is 8.58. The van der Waals surface area contributed by atoms with Crippen LogP contribution in [0.3, 0.4) is 0 Å². The number of carbonyl (C=O) groups excluding carboxylic acids is 3. The minimum atomic E-state index is -1.59. The van der Waals surface area contributed by atoms with E-state index in [4.69, 9.17) is 33.1 Å². The molecule has 0 aliphatic rings. The van der Waals surface area contributed by atoms with Crippen molar-refractivity contribution in [2.24, 2.45) is 27.9 Å². The fraction of sp³-hybridized carbons (Fsp3) is 0.600. The Balaban J connectivity index is 5.14. The Bertz CT molecular complexity index is 649. The van der Waals surface area contributed by atoms with Crippen molar-refractivity contribution in [3.05, 3.63) is 0 Å². The van der Waals surface area contributed by atoms with Gasteiger partial charge in [-0.2, -0.15) is 0 Å². The Morgan fingerprint density at radius 1 is 0.897 bits per heavy atom. The van der Waals surface area contributed by atoms with Gasteiger partial charge in [-0.25, -0.2) is 4.79 Å². The second kappa shape index (κ2) is 12.9. The SMILES string of the molecule is NC(=O)CC(NC(=O)C(CCCN=C(N)N)NC(=O)C(N)CCC(=O)O)C(=O)O. The van der Waals surface area contributed by atoms with Crippen LogP contribution >= 0.6 is 0 Å². The van der Waals surface area contributed by atoms with Gasteiger partial charge in [-0.15, -0.1) is 0 Å². The predicted octanol–water partition coefficient (Wildman–Crippen LogP) is -3.84. The molecule has 12 N–H and O–H groups in total. The predicted molar refractivity (Wildman–Crippen MR) is 100 cm³/mol. The molecule has 3 unspecified atom stereocenters.